The fraction of sp³-hybridized carbons (Fsp3) is 0.400. The predicted molar refractivity (Wildman–Crippen MR) is 54.6 cm³/mol. The van der Waals surface area contributed by atoms with Crippen LogP contribution in [0.4, 0.5) is 0 Å². The maximum absolute atomic E-state index is 11.8. The number of aliphatic carboxylic acids is 1. The van der Waals surface area contributed by atoms with Gasteiger partial charge in [-0.05, 0) is 19.1 Å². The largest absolute Gasteiger partial charge is 0.480 e. The normalized spacial score (nSPS) is 10.0. The van der Waals surface area contributed by atoms with Gasteiger partial charge >= 0.3 is 5.97 Å². The van der Waals surface area contributed by atoms with Gasteiger partial charge in [0.2, 0.25) is 0 Å². The van der Waals surface area contributed by atoms with Crippen LogP contribution in [0.5, 0.6) is 0 Å². The Labute approximate surface area is 87.9 Å². The van der Waals surface area contributed by atoms with Gasteiger partial charge < -0.3 is 14.6 Å². The number of carboxylic acid groups (broad SMARTS) is 1. The Bertz CT molecular complexity index is 370. The summed E-state index contributed by atoms with van der Waals surface area (Å²) in [5, 5.41) is 8.63. The lowest BCUT2D eigenvalue weighted by Crippen LogP contribution is -2.36. The quantitative estimate of drug-likeness (QED) is 0.790. The molecule has 0 bridgehead atoms. The minimum Gasteiger partial charge on any atom is -0.480 e. The molecule has 1 aromatic rings. The van der Waals surface area contributed by atoms with E-state index in [1.165, 1.54) is 4.90 Å². The number of rotatable bonds is 4. The monoisotopic (exact) mass is 210 g/mol. The molecule has 0 aromatic carbocycles. The molecule has 0 saturated heterocycles. The molecule has 0 fully saturated rings. The van der Waals surface area contributed by atoms with Gasteiger partial charge in [0.25, 0.3) is 5.91 Å². The van der Waals surface area contributed by atoms with Crippen LogP contribution < -0.4 is 0 Å². The molecule has 0 aliphatic carbocycles. The fourth-order valence-corrected chi connectivity index (χ4v) is 1.34. The van der Waals surface area contributed by atoms with Crippen molar-refractivity contribution in [3.63, 3.8) is 0 Å². The van der Waals surface area contributed by atoms with Crippen molar-refractivity contribution >= 4 is 11.9 Å². The molecule has 0 radical (unpaired) electrons. The maximum Gasteiger partial charge on any atom is 0.323 e. The third-order valence-electron chi connectivity index (χ3n) is 2.16. The van der Waals surface area contributed by atoms with Crippen LogP contribution in [-0.4, -0.2) is 39.5 Å². The lowest BCUT2D eigenvalue weighted by Gasteiger charge is -2.18. The first-order valence-electron chi connectivity index (χ1n) is 4.68. The molecule has 1 N–H and O–H groups in total. The molecule has 1 amide bonds. The maximum atomic E-state index is 11.8. The second-order valence-corrected chi connectivity index (χ2v) is 3.22. The zero-order valence-electron chi connectivity index (χ0n) is 8.80. The number of carbonyl (C=O) groups excluding carboxylic acids is 1. The van der Waals surface area contributed by atoms with Crippen molar-refractivity contribution in [3.05, 3.63) is 24.0 Å². The van der Waals surface area contributed by atoms with Crippen molar-refractivity contribution in [1.82, 2.24) is 9.47 Å². The Morgan fingerprint density at radius 2 is 2.20 bits per heavy atom. The second kappa shape index (κ2) is 4.63. The number of carbonyl (C=O) groups is 2. The standard InChI is InChI=1S/C10H14N2O3/c1-3-12(7-9(13)14)10(15)8-5-4-6-11(8)2/h4-6H,3,7H2,1-2H3,(H,13,14). The molecule has 1 aromatic heterocycles. The smallest absolute Gasteiger partial charge is 0.323 e. The van der Waals surface area contributed by atoms with Crippen LogP contribution in [0, 0.1) is 0 Å². The number of aryl methyl sites for hydroxylation is 1. The molecule has 1 heterocycles. The Hall–Kier alpha value is -1.78. The number of aromatic nitrogens is 1. The average Bonchev–Trinajstić information content (AvgIpc) is 2.59. The molecular weight excluding hydrogens is 196 g/mol. The summed E-state index contributed by atoms with van der Waals surface area (Å²) >= 11 is 0. The van der Waals surface area contributed by atoms with Crippen molar-refractivity contribution in [2.75, 3.05) is 13.1 Å². The van der Waals surface area contributed by atoms with Gasteiger partial charge in [-0.15, -0.1) is 0 Å². The van der Waals surface area contributed by atoms with Crippen LogP contribution >= 0.6 is 0 Å². The SMILES string of the molecule is CCN(CC(=O)O)C(=O)c1cccn1C. The van der Waals surface area contributed by atoms with Crippen molar-refractivity contribution in [3.8, 4) is 0 Å². The predicted octanol–water partition coefficient (Wildman–Crippen LogP) is 0.572. The lowest BCUT2D eigenvalue weighted by atomic mass is 10.3. The highest BCUT2D eigenvalue weighted by atomic mass is 16.4. The fourth-order valence-electron chi connectivity index (χ4n) is 1.34. The Kier molecular flexibility index (Phi) is 3.49. The summed E-state index contributed by atoms with van der Waals surface area (Å²) in [6.07, 6.45) is 1.75. The molecule has 15 heavy (non-hydrogen) atoms. The van der Waals surface area contributed by atoms with E-state index < -0.39 is 5.97 Å². The van der Waals surface area contributed by atoms with E-state index in [-0.39, 0.29) is 12.5 Å². The van der Waals surface area contributed by atoms with Crippen LogP contribution in [0.25, 0.3) is 0 Å². The molecule has 0 atom stereocenters. The summed E-state index contributed by atoms with van der Waals surface area (Å²) in [6, 6.07) is 3.43. The van der Waals surface area contributed by atoms with E-state index in [0.717, 1.165) is 0 Å². The molecule has 0 aliphatic rings. The highest BCUT2D eigenvalue weighted by Gasteiger charge is 2.18. The topological polar surface area (TPSA) is 62.5 Å². The van der Waals surface area contributed by atoms with Crippen LogP contribution in [-0.2, 0) is 11.8 Å². The van der Waals surface area contributed by atoms with Crippen molar-refractivity contribution in [1.29, 1.82) is 0 Å². The van der Waals surface area contributed by atoms with Crippen LogP contribution in [0.3, 0.4) is 0 Å². The van der Waals surface area contributed by atoms with E-state index in [1.807, 2.05) is 0 Å². The first kappa shape index (κ1) is 11.3. The molecule has 0 spiro atoms. The van der Waals surface area contributed by atoms with Crippen LogP contribution in [0.1, 0.15) is 17.4 Å². The van der Waals surface area contributed by atoms with Crippen molar-refractivity contribution in [2.24, 2.45) is 7.05 Å². The molecule has 0 unspecified atom stereocenters. The highest BCUT2D eigenvalue weighted by molar-refractivity contribution is 5.94. The van der Waals surface area contributed by atoms with E-state index in [4.69, 9.17) is 5.11 Å². The first-order chi connectivity index (χ1) is 7.06. The lowest BCUT2D eigenvalue weighted by molar-refractivity contribution is -0.137. The van der Waals surface area contributed by atoms with Gasteiger partial charge in [-0.1, -0.05) is 0 Å². The van der Waals surface area contributed by atoms with Crippen LogP contribution in [0.15, 0.2) is 18.3 Å². The van der Waals surface area contributed by atoms with E-state index in [0.29, 0.717) is 12.2 Å². The highest BCUT2D eigenvalue weighted by Crippen LogP contribution is 2.04. The van der Waals surface area contributed by atoms with Gasteiger partial charge in [0, 0.05) is 19.8 Å². The van der Waals surface area contributed by atoms with Gasteiger partial charge in [-0.2, -0.15) is 0 Å². The van der Waals surface area contributed by atoms with Crippen molar-refractivity contribution in [2.45, 2.75) is 6.92 Å². The number of amides is 1. The van der Waals surface area contributed by atoms with Gasteiger partial charge in [0.1, 0.15) is 12.2 Å². The van der Waals surface area contributed by atoms with Crippen molar-refractivity contribution < 1.29 is 14.7 Å². The number of carboxylic acids is 1. The third kappa shape index (κ3) is 2.59. The van der Waals surface area contributed by atoms with E-state index in [1.54, 1.807) is 36.9 Å². The van der Waals surface area contributed by atoms with Gasteiger partial charge in [0.05, 0.1) is 0 Å². The average molecular weight is 210 g/mol. The Morgan fingerprint density at radius 1 is 1.53 bits per heavy atom. The molecule has 0 saturated carbocycles. The number of likely N-dealkylation sites (N-methyl/N-ethyl adjacent to an activating group) is 1. The minimum atomic E-state index is -1.00. The van der Waals surface area contributed by atoms with E-state index in [2.05, 4.69) is 0 Å². The summed E-state index contributed by atoms with van der Waals surface area (Å²) in [7, 11) is 1.75. The van der Waals surface area contributed by atoms with Crippen LogP contribution in [0.2, 0.25) is 0 Å². The van der Waals surface area contributed by atoms with Gasteiger partial charge in [-0.25, -0.2) is 0 Å². The molecule has 0 aliphatic heterocycles. The van der Waals surface area contributed by atoms with Gasteiger partial charge in [-0.3, -0.25) is 9.59 Å². The summed E-state index contributed by atoms with van der Waals surface area (Å²) in [5.74, 6) is -1.26. The number of hydrogen-bond donors (Lipinski definition) is 1. The minimum absolute atomic E-state index is 0.257. The molecular formula is C10H14N2O3. The molecule has 5 heteroatoms. The van der Waals surface area contributed by atoms with E-state index >= 15 is 0 Å². The summed E-state index contributed by atoms with van der Waals surface area (Å²) in [5.41, 5.74) is 0.498. The number of hydrogen-bond acceptors (Lipinski definition) is 2. The number of nitrogens with zero attached hydrogens (tertiary/aromatic N) is 2. The molecule has 5 nitrogen and oxygen atoms in total. The summed E-state index contributed by atoms with van der Waals surface area (Å²) in [4.78, 5) is 23.7. The molecule has 1 rings (SSSR count). The Balaban J connectivity index is 2.82. The van der Waals surface area contributed by atoms with Gasteiger partial charge in [0.15, 0.2) is 0 Å². The first-order valence-corrected chi connectivity index (χ1v) is 4.68. The zero-order chi connectivity index (χ0) is 11.4. The van der Waals surface area contributed by atoms with E-state index in [9.17, 15) is 9.59 Å². The molecule has 82 valence electrons. The summed E-state index contributed by atoms with van der Waals surface area (Å²) in [6.45, 7) is 1.88. The second-order valence-electron chi connectivity index (χ2n) is 3.22. The summed E-state index contributed by atoms with van der Waals surface area (Å²) < 4.78 is 1.67. The Morgan fingerprint density at radius 3 is 2.60 bits per heavy atom. The third-order valence-corrected chi connectivity index (χ3v) is 2.16. The zero-order valence-corrected chi connectivity index (χ0v) is 8.80.